The zero-order valence-electron chi connectivity index (χ0n) is 6.79. The first kappa shape index (κ1) is 8.87. The summed E-state index contributed by atoms with van der Waals surface area (Å²) in [7, 11) is 1.38. The highest BCUT2D eigenvalue weighted by Crippen LogP contribution is 2.32. The molecular weight excluding hydrogens is 162 g/mol. The van der Waals surface area contributed by atoms with Gasteiger partial charge in [-0.2, -0.15) is 11.8 Å². The summed E-state index contributed by atoms with van der Waals surface area (Å²) in [4.78, 5) is 11.2. The van der Waals surface area contributed by atoms with Crippen molar-refractivity contribution in [2.75, 3.05) is 18.6 Å². The molecule has 0 aromatic heterocycles. The number of carbonyl (C=O) groups excluding carboxylic acids is 1. The van der Waals surface area contributed by atoms with Gasteiger partial charge >= 0.3 is 5.97 Å². The maximum Gasteiger partial charge on any atom is 0.327 e. The number of esters is 1. The van der Waals surface area contributed by atoms with Crippen molar-refractivity contribution >= 4 is 17.7 Å². The minimum Gasteiger partial charge on any atom is -0.468 e. The minimum atomic E-state index is -0.737. The van der Waals surface area contributed by atoms with E-state index in [0.717, 1.165) is 5.75 Å². The molecule has 0 spiro atoms. The van der Waals surface area contributed by atoms with Crippen molar-refractivity contribution in [3.8, 4) is 0 Å². The van der Waals surface area contributed by atoms with Crippen LogP contribution in [0.3, 0.4) is 0 Å². The molecule has 1 saturated heterocycles. The largest absolute Gasteiger partial charge is 0.468 e. The average molecular weight is 175 g/mol. The van der Waals surface area contributed by atoms with Crippen LogP contribution in [0.1, 0.15) is 6.92 Å². The van der Waals surface area contributed by atoms with Gasteiger partial charge in [-0.1, -0.05) is 6.92 Å². The molecule has 2 unspecified atom stereocenters. The Bertz CT molecular complexity index is 174. The monoisotopic (exact) mass is 175 g/mol. The Kier molecular flexibility index (Phi) is 2.44. The quantitative estimate of drug-likeness (QED) is 0.580. The van der Waals surface area contributed by atoms with Crippen molar-refractivity contribution in [2.24, 2.45) is 11.7 Å². The molecule has 4 heteroatoms. The molecule has 11 heavy (non-hydrogen) atoms. The fourth-order valence-electron chi connectivity index (χ4n) is 1.15. The first-order valence-corrected chi connectivity index (χ1v) is 4.72. The summed E-state index contributed by atoms with van der Waals surface area (Å²) in [6.07, 6.45) is 0. The second-order valence-electron chi connectivity index (χ2n) is 2.95. The lowest BCUT2D eigenvalue weighted by molar-refractivity contribution is -0.147. The Balaban J connectivity index is 2.72. The number of nitrogens with two attached hydrogens (primary N) is 1. The maximum atomic E-state index is 11.2. The second-order valence-corrected chi connectivity index (χ2v) is 3.98. The number of hydrogen-bond acceptors (Lipinski definition) is 4. The Morgan fingerprint density at radius 3 is 2.82 bits per heavy atom. The number of ether oxygens (including phenoxy) is 1. The van der Waals surface area contributed by atoms with Crippen LogP contribution in [-0.2, 0) is 9.53 Å². The van der Waals surface area contributed by atoms with E-state index >= 15 is 0 Å². The van der Waals surface area contributed by atoms with E-state index in [-0.39, 0.29) is 11.9 Å². The molecule has 0 bridgehead atoms. The summed E-state index contributed by atoms with van der Waals surface area (Å²) >= 11 is 1.71. The third-order valence-corrected chi connectivity index (χ3v) is 3.57. The molecule has 1 heterocycles. The van der Waals surface area contributed by atoms with Crippen LogP contribution < -0.4 is 5.73 Å². The third kappa shape index (κ3) is 1.37. The molecule has 1 aliphatic heterocycles. The van der Waals surface area contributed by atoms with Gasteiger partial charge in [0, 0.05) is 5.75 Å². The van der Waals surface area contributed by atoms with Crippen molar-refractivity contribution in [1.29, 1.82) is 0 Å². The Morgan fingerprint density at radius 1 is 1.82 bits per heavy atom. The van der Waals surface area contributed by atoms with Crippen LogP contribution in [0.25, 0.3) is 0 Å². The smallest absolute Gasteiger partial charge is 0.327 e. The topological polar surface area (TPSA) is 52.3 Å². The molecule has 2 N–H and O–H groups in total. The lowest BCUT2D eigenvalue weighted by Gasteiger charge is -2.24. The van der Waals surface area contributed by atoms with E-state index in [1.807, 2.05) is 6.92 Å². The molecule has 0 aromatic rings. The van der Waals surface area contributed by atoms with Crippen LogP contribution in [-0.4, -0.2) is 30.1 Å². The first-order chi connectivity index (χ1) is 5.11. The highest BCUT2D eigenvalue weighted by atomic mass is 32.2. The molecule has 0 amide bonds. The van der Waals surface area contributed by atoms with Gasteiger partial charge < -0.3 is 10.5 Å². The Labute approximate surface area is 70.7 Å². The van der Waals surface area contributed by atoms with Crippen molar-refractivity contribution in [1.82, 2.24) is 0 Å². The van der Waals surface area contributed by atoms with Gasteiger partial charge in [0.25, 0.3) is 0 Å². The van der Waals surface area contributed by atoms with Crippen molar-refractivity contribution < 1.29 is 9.53 Å². The standard InChI is InChI=1S/C7H13NO2S/c1-5-3-11-4-7(5,8)6(9)10-2/h5H,3-4,8H2,1-2H3. The number of rotatable bonds is 1. The van der Waals surface area contributed by atoms with E-state index in [2.05, 4.69) is 4.74 Å². The number of hydrogen-bond donors (Lipinski definition) is 1. The summed E-state index contributed by atoms with van der Waals surface area (Å²) in [5.74, 6) is 1.57. The molecular formula is C7H13NO2S. The molecule has 64 valence electrons. The summed E-state index contributed by atoms with van der Waals surface area (Å²) in [6, 6.07) is 0. The Hall–Kier alpha value is -0.220. The predicted octanol–water partition coefficient (Wildman–Crippen LogP) is 0.240. The van der Waals surface area contributed by atoms with Crippen molar-refractivity contribution in [3.05, 3.63) is 0 Å². The van der Waals surface area contributed by atoms with Gasteiger partial charge in [-0.15, -0.1) is 0 Å². The SMILES string of the molecule is COC(=O)C1(N)CSCC1C. The van der Waals surface area contributed by atoms with Crippen molar-refractivity contribution in [3.63, 3.8) is 0 Å². The zero-order chi connectivity index (χ0) is 8.48. The first-order valence-electron chi connectivity index (χ1n) is 3.56. The Morgan fingerprint density at radius 2 is 2.45 bits per heavy atom. The predicted molar refractivity (Wildman–Crippen MR) is 45.4 cm³/mol. The average Bonchev–Trinajstić information content (AvgIpc) is 2.32. The van der Waals surface area contributed by atoms with Crippen LogP contribution in [0.5, 0.6) is 0 Å². The van der Waals surface area contributed by atoms with Gasteiger partial charge in [-0.3, -0.25) is 4.79 Å². The molecule has 0 aromatic carbocycles. The molecule has 0 aliphatic carbocycles. The third-order valence-electron chi connectivity index (χ3n) is 2.15. The van der Waals surface area contributed by atoms with Gasteiger partial charge in [-0.05, 0) is 11.7 Å². The van der Waals surface area contributed by atoms with E-state index < -0.39 is 5.54 Å². The van der Waals surface area contributed by atoms with Gasteiger partial charge in [0.2, 0.25) is 0 Å². The molecule has 0 saturated carbocycles. The number of carbonyl (C=O) groups is 1. The van der Waals surface area contributed by atoms with Crippen LogP contribution >= 0.6 is 11.8 Å². The van der Waals surface area contributed by atoms with Gasteiger partial charge in [0.1, 0.15) is 5.54 Å². The van der Waals surface area contributed by atoms with Gasteiger partial charge in [0.15, 0.2) is 0 Å². The van der Waals surface area contributed by atoms with Crippen LogP contribution in [0.2, 0.25) is 0 Å². The molecule has 1 fully saturated rings. The van der Waals surface area contributed by atoms with Gasteiger partial charge in [-0.25, -0.2) is 0 Å². The van der Waals surface area contributed by atoms with E-state index in [1.165, 1.54) is 7.11 Å². The van der Waals surface area contributed by atoms with E-state index in [1.54, 1.807) is 11.8 Å². The summed E-state index contributed by atoms with van der Waals surface area (Å²) < 4.78 is 4.63. The van der Waals surface area contributed by atoms with Gasteiger partial charge in [0.05, 0.1) is 7.11 Å². The summed E-state index contributed by atoms with van der Waals surface area (Å²) in [5, 5.41) is 0. The van der Waals surface area contributed by atoms with Crippen LogP contribution in [0.4, 0.5) is 0 Å². The van der Waals surface area contributed by atoms with Crippen LogP contribution in [0.15, 0.2) is 0 Å². The summed E-state index contributed by atoms with van der Waals surface area (Å²) in [5.41, 5.74) is 5.12. The molecule has 0 radical (unpaired) electrons. The normalized spacial score (nSPS) is 37.2. The van der Waals surface area contributed by atoms with E-state index in [9.17, 15) is 4.79 Å². The molecule has 2 atom stereocenters. The molecule has 1 aliphatic rings. The number of thioether (sulfide) groups is 1. The highest BCUT2D eigenvalue weighted by molar-refractivity contribution is 7.99. The molecule has 3 nitrogen and oxygen atoms in total. The fourth-order valence-corrected chi connectivity index (χ4v) is 2.65. The maximum absolute atomic E-state index is 11.2. The zero-order valence-corrected chi connectivity index (χ0v) is 7.61. The highest BCUT2D eigenvalue weighted by Gasteiger charge is 2.44. The van der Waals surface area contributed by atoms with Crippen LogP contribution in [0, 0.1) is 5.92 Å². The van der Waals surface area contributed by atoms with Crippen molar-refractivity contribution in [2.45, 2.75) is 12.5 Å². The second kappa shape index (κ2) is 3.03. The van der Waals surface area contributed by atoms with E-state index in [0.29, 0.717) is 5.75 Å². The lowest BCUT2D eigenvalue weighted by atomic mass is 9.90. The fraction of sp³-hybridized carbons (Fsp3) is 0.857. The minimum absolute atomic E-state index is 0.222. The molecule has 1 rings (SSSR count). The summed E-state index contributed by atoms with van der Waals surface area (Å²) in [6.45, 7) is 1.98. The van der Waals surface area contributed by atoms with E-state index in [4.69, 9.17) is 5.73 Å². The lowest BCUT2D eigenvalue weighted by Crippen LogP contribution is -2.53. The number of methoxy groups -OCH3 is 1.